The van der Waals surface area contributed by atoms with Gasteiger partial charge in [0, 0.05) is 5.69 Å². The highest BCUT2D eigenvalue weighted by atomic mass is 16.6. The van der Waals surface area contributed by atoms with Crippen LogP contribution in [0.4, 0.5) is 5.69 Å². The van der Waals surface area contributed by atoms with Crippen LogP contribution in [0, 0.1) is 6.92 Å². The Kier molecular flexibility index (Phi) is 7.44. The van der Waals surface area contributed by atoms with Crippen LogP contribution in [0.1, 0.15) is 11.1 Å². The van der Waals surface area contributed by atoms with Crippen LogP contribution in [0.2, 0.25) is 0 Å². The average molecular weight is 405 g/mol. The van der Waals surface area contributed by atoms with E-state index in [4.69, 9.17) is 14.2 Å². The van der Waals surface area contributed by atoms with Gasteiger partial charge in [-0.3, -0.25) is 4.79 Å². The fourth-order valence-electron chi connectivity index (χ4n) is 2.62. The van der Waals surface area contributed by atoms with Gasteiger partial charge < -0.3 is 19.5 Å². The standard InChI is InChI=1S/C24H23NO5/c1-18-6-5-9-20(14-18)25-23(26)16-30-24(27)17-29-22-12-10-21(11-13-22)28-15-19-7-3-2-4-8-19/h2-14H,15-17H2,1H3,(H,25,26). The molecule has 0 aromatic heterocycles. The number of carbonyl (C=O) groups is 2. The van der Waals surface area contributed by atoms with Crippen LogP contribution < -0.4 is 14.8 Å². The van der Waals surface area contributed by atoms with Crippen LogP contribution >= 0.6 is 0 Å². The molecule has 0 heterocycles. The number of aryl methyl sites for hydroxylation is 1. The van der Waals surface area contributed by atoms with E-state index in [9.17, 15) is 9.59 Å². The van der Waals surface area contributed by atoms with Gasteiger partial charge in [-0.2, -0.15) is 0 Å². The van der Waals surface area contributed by atoms with Gasteiger partial charge in [-0.05, 0) is 54.4 Å². The van der Waals surface area contributed by atoms with Crippen LogP contribution in [0.15, 0.2) is 78.9 Å². The predicted molar refractivity (Wildman–Crippen MR) is 113 cm³/mol. The van der Waals surface area contributed by atoms with Crippen molar-refractivity contribution < 1.29 is 23.8 Å². The van der Waals surface area contributed by atoms with Crippen molar-refractivity contribution >= 4 is 17.6 Å². The molecule has 6 heteroatoms. The zero-order valence-electron chi connectivity index (χ0n) is 16.7. The Morgan fingerprint density at radius 2 is 1.50 bits per heavy atom. The number of esters is 1. The Bertz CT molecular complexity index is 970. The molecule has 3 aromatic rings. The van der Waals surface area contributed by atoms with Crippen LogP contribution in [0.25, 0.3) is 0 Å². The van der Waals surface area contributed by atoms with Gasteiger partial charge in [-0.1, -0.05) is 42.5 Å². The van der Waals surface area contributed by atoms with Gasteiger partial charge in [0.05, 0.1) is 0 Å². The average Bonchev–Trinajstić information content (AvgIpc) is 2.76. The molecule has 154 valence electrons. The van der Waals surface area contributed by atoms with Crippen molar-refractivity contribution in [1.82, 2.24) is 0 Å². The van der Waals surface area contributed by atoms with Gasteiger partial charge in [0.2, 0.25) is 0 Å². The minimum atomic E-state index is -0.626. The monoisotopic (exact) mass is 405 g/mol. The van der Waals surface area contributed by atoms with Crippen molar-refractivity contribution in [2.75, 3.05) is 18.5 Å². The fourth-order valence-corrected chi connectivity index (χ4v) is 2.62. The van der Waals surface area contributed by atoms with Crippen molar-refractivity contribution in [3.05, 3.63) is 90.0 Å². The number of anilines is 1. The van der Waals surface area contributed by atoms with Crippen molar-refractivity contribution in [3.8, 4) is 11.5 Å². The van der Waals surface area contributed by atoms with Crippen LogP contribution in [-0.2, 0) is 20.9 Å². The van der Waals surface area contributed by atoms with E-state index >= 15 is 0 Å². The Balaban J connectivity index is 1.36. The van der Waals surface area contributed by atoms with E-state index in [0.29, 0.717) is 23.8 Å². The number of ether oxygens (including phenoxy) is 3. The quantitative estimate of drug-likeness (QED) is 0.542. The van der Waals surface area contributed by atoms with E-state index in [0.717, 1.165) is 11.1 Å². The SMILES string of the molecule is Cc1cccc(NC(=O)COC(=O)COc2ccc(OCc3ccccc3)cc2)c1. The number of carbonyl (C=O) groups excluding carboxylic acids is 2. The molecule has 0 saturated heterocycles. The van der Waals surface area contributed by atoms with E-state index < -0.39 is 11.9 Å². The molecular formula is C24H23NO5. The van der Waals surface area contributed by atoms with E-state index in [1.165, 1.54) is 0 Å². The molecule has 1 N–H and O–H groups in total. The number of hydrogen-bond acceptors (Lipinski definition) is 5. The second-order valence-corrected chi connectivity index (χ2v) is 6.61. The van der Waals surface area contributed by atoms with Gasteiger partial charge in [0.15, 0.2) is 13.2 Å². The minimum Gasteiger partial charge on any atom is -0.489 e. The Hall–Kier alpha value is -3.80. The fraction of sp³-hybridized carbons (Fsp3) is 0.167. The zero-order valence-corrected chi connectivity index (χ0v) is 16.7. The minimum absolute atomic E-state index is 0.290. The molecule has 0 spiro atoms. The number of nitrogens with one attached hydrogen (secondary N) is 1. The molecule has 0 unspecified atom stereocenters. The molecule has 0 aliphatic rings. The summed E-state index contributed by atoms with van der Waals surface area (Å²) >= 11 is 0. The summed E-state index contributed by atoms with van der Waals surface area (Å²) in [5.41, 5.74) is 2.75. The molecule has 1 amide bonds. The molecule has 30 heavy (non-hydrogen) atoms. The van der Waals surface area contributed by atoms with E-state index in [2.05, 4.69) is 5.32 Å². The molecule has 0 atom stereocenters. The third-order valence-corrected chi connectivity index (χ3v) is 4.09. The molecule has 0 bridgehead atoms. The Morgan fingerprint density at radius 3 is 2.20 bits per heavy atom. The Labute approximate surface area is 175 Å². The summed E-state index contributed by atoms with van der Waals surface area (Å²) in [5.74, 6) is 0.164. The van der Waals surface area contributed by atoms with Crippen LogP contribution in [0.3, 0.4) is 0 Å². The van der Waals surface area contributed by atoms with Crippen molar-refractivity contribution in [2.24, 2.45) is 0 Å². The summed E-state index contributed by atoms with van der Waals surface area (Å²) in [6, 6.07) is 24.2. The molecule has 0 aliphatic carbocycles. The number of amides is 1. The van der Waals surface area contributed by atoms with Gasteiger partial charge in [0.25, 0.3) is 5.91 Å². The van der Waals surface area contributed by atoms with Crippen molar-refractivity contribution in [2.45, 2.75) is 13.5 Å². The predicted octanol–water partition coefficient (Wildman–Crippen LogP) is 4.13. The zero-order chi connectivity index (χ0) is 21.2. The first-order valence-corrected chi connectivity index (χ1v) is 9.50. The largest absolute Gasteiger partial charge is 0.489 e. The van der Waals surface area contributed by atoms with Crippen molar-refractivity contribution in [1.29, 1.82) is 0 Å². The summed E-state index contributed by atoms with van der Waals surface area (Å²) in [4.78, 5) is 23.7. The van der Waals surface area contributed by atoms with Gasteiger partial charge >= 0.3 is 5.97 Å². The molecule has 6 nitrogen and oxygen atoms in total. The maximum Gasteiger partial charge on any atom is 0.344 e. The topological polar surface area (TPSA) is 73.9 Å². The lowest BCUT2D eigenvalue weighted by Crippen LogP contribution is -2.23. The van der Waals surface area contributed by atoms with Crippen LogP contribution in [-0.4, -0.2) is 25.1 Å². The lowest BCUT2D eigenvalue weighted by atomic mass is 10.2. The molecular weight excluding hydrogens is 382 g/mol. The maximum atomic E-state index is 11.9. The Morgan fingerprint density at radius 1 is 0.800 bits per heavy atom. The summed E-state index contributed by atoms with van der Waals surface area (Å²) < 4.78 is 16.0. The molecule has 0 aliphatic heterocycles. The first kappa shape index (κ1) is 20.9. The number of benzene rings is 3. The summed E-state index contributed by atoms with van der Waals surface area (Å²) in [5, 5.41) is 2.67. The summed E-state index contributed by atoms with van der Waals surface area (Å²) in [7, 11) is 0. The summed E-state index contributed by atoms with van der Waals surface area (Å²) in [6.45, 7) is 1.73. The molecule has 0 radical (unpaired) electrons. The number of rotatable bonds is 9. The highest BCUT2D eigenvalue weighted by molar-refractivity contribution is 5.92. The van der Waals surface area contributed by atoms with E-state index in [1.54, 1.807) is 30.3 Å². The van der Waals surface area contributed by atoms with Crippen molar-refractivity contribution in [3.63, 3.8) is 0 Å². The van der Waals surface area contributed by atoms with Crippen LogP contribution in [0.5, 0.6) is 11.5 Å². The van der Waals surface area contributed by atoms with E-state index in [1.807, 2.05) is 55.5 Å². The maximum absolute atomic E-state index is 11.9. The first-order chi connectivity index (χ1) is 14.6. The second-order valence-electron chi connectivity index (χ2n) is 6.61. The lowest BCUT2D eigenvalue weighted by Gasteiger charge is -2.09. The third kappa shape index (κ3) is 6.98. The second kappa shape index (κ2) is 10.7. The lowest BCUT2D eigenvalue weighted by molar-refractivity contribution is -0.149. The summed E-state index contributed by atoms with van der Waals surface area (Å²) in [6.07, 6.45) is 0. The molecule has 3 aromatic carbocycles. The first-order valence-electron chi connectivity index (χ1n) is 9.50. The van der Waals surface area contributed by atoms with Gasteiger partial charge in [-0.15, -0.1) is 0 Å². The highest BCUT2D eigenvalue weighted by Crippen LogP contribution is 2.18. The normalized spacial score (nSPS) is 10.2. The molecule has 0 fully saturated rings. The molecule has 0 saturated carbocycles. The van der Waals surface area contributed by atoms with Gasteiger partial charge in [0.1, 0.15) is 18.1 Å². The highest BCUT2D eigenvalue weighted by Gasteiger charge is 2.09. The van der Waals surface area contributed by atoms with Gasteiger partial charge in [-0.25, -0.2) is 4.79 Å². The third-order valence-electron chi connectivity index (χ3n) is 4.09. The molecule has 3 rings (SSSR count). The smallest absolute Gasteiger partial charge is 0.344 e. The van der Waals surface area contributed by atoms with E-state index in [-0.39, 0.29) is 13.2 Å². The number of hydrogen-bond donors (Lipinski definition) is 1.